The van der Waals surface area contributed by atoms with E-state index in [0.29, 0.717) is 35.6 Å². The number of amides is 1. The number of ether oxygens (including phenoxy) is 2. The van der Waals surface area contributed by atoms with Gasteiger partial charge in [0.25, 0.3) is 0 Å². The van der Waals surface area contributed by atoms with Crippen molar-refractivity contribution in [2.45, 2.75) is 58.4 Å². The number of fused-ring (bicyclic) bond motifs is 1. The number of hydrogen-bond acceptors (Lipinski definition) is 5. The van der Waals surface area contributed by atoms with Crippen LogP contribution in [0.15, 0.2) is 71.9 Å². The van der Waals surface area contributed by atoms with Crippen LogP contribution in [0, 0.1) is 10.8 Å². The van der Waals surface area contributed by atoms with Crippen molar-refractivity contribution in [1.29, 1.82) is 0 Å². The van der Waals surface area contributed by atoms with E-state index in [1.54, 1.807) is 12.1 Å². The standard InChI is InChI=1S/C31H33N3O4/c1-21(2)18-19-37-28-10-6-7-11-29(28)38-25-15-12-22(13-16-25)30-32-26-20-23(31(35)33-36)14-17-27(26)34(30)24-8-4-3-5-9-24/h6-7,10-17,20-21,24H,3-5,8-9,18-19H2,1-2H3. The van der Waals surface area contributed by atoms with Gasteiger partial charge in [0.05, 0.1) is 17.6 Å². The van der Waals surface area contributed by atoms with Crippen LogP contribution in [0.1, 0.15) is 68.8 Å². The predicted molar refractivity (Wildman–Crippen MR) is 149 cm³/mol. The second kappa shape index (κ2) is 11.6. The summed E-state index contributed by atoms with van der Waals surface area (Å²) >= 11 is 0. The fourth-order valence-corrected chi connectivity index (χ4v) is 5.05. The first kappa shape index (κ1) is 25.6. The summed E-state index contributed by atoms with van der Waals surface area (Å²) in [6, 6.07) is 21.2. The molecule has 4 aromatic rings. The number of rotatable bonds is 9. The molecule has 0 aliphatic heterocycles. The Bertz CT molecular complexity index is 1420. The summed E-state index contributed by atoms with van der Waals surface area (Å²) in [4.78, 5) is 27.6. The number of nitrogens with zero attached hydrogens (tertiary/aromatic N) is 3. The van der Waals surface area contributed by atoms with E-state index in [0.717, 1.165) is 41.9 Å². The molecule has 1 saturated carbocycles. The monoisotopic (exact) mass is 511 g/mol. The molecule has 1 fully saturated rings. The van der Waals surface area contributed by atoms with Gasteiger partial charge in [0.15, 0.2) is 11.5 Å². The molecular formula is C31H33N3O4. The van der Waals surface area contributed by atoms with Gasteiger partial charge < -0.3 is 14.0 Å². The molecule has 0 saturated heterocycles. The van der Waals surface area contributed by atoms with Crippen molar-refractivity contribution < 1.29 is 14.3 Å². The van der Waals surface area contributed by atoms with Crippen molar-refractivity contribution >= 4 is 16.9 Å². The minimum Gasteiger partial charge on any atom is -0.490 e. The van der Waals surface area contributed by atoms with Gasteiger partial charge in [-0.15, -0.1) is 4.91 Å². The van der Waals surface area contributed by atoms with Crippen LogP contribution in [0.4, 0.5) is 0 Å². The lowest BCUT2D eigenvalue weighted by Gasteiger charge is -2.25. The maximum atomic E-state index is 11.9. The number of hydrogen-bond donors (Lipinski definition) is 0. The first-order chi connectivity index (χ1) is 18.5. The van der Waals surface area contributed by atoms with E-state index in [-0.39, 0.29) is 5.56 Å². The SMILES string of the molecule is CC(C)CCOc1ccccc1Oc1ccc(-c2nc3cc(C(=O)N=O)ccc3n2C2CCCCC2)cc1. The van der Waals surface area contributed by atoms with E-state index in [1.165, 1.54) is 19.3 Å². The van der Waals surface area contributed by atoms with Crippen LogP contribution in [0.25, 0.3) is 22.4 Å². The molecule has 3 aromatic carbocycles. The zero-order chi connectivity index (χ0) is 26.5. The van der Waals surface area contributed by atoms with Gasteiger partial charge in [-0.05, 0) is 79.8 Å². The molecule has 196 valence electrons. The molecule has 1 amide bonds. The van der Waals surface area contributed by atoms with Gasteiger partial charge in [0.1, 0.15) is 11.6 Å². The summed E-state index contributed by atoms with van der Waals surface area (Å²) < 4.78 is 14.5. The van der Waals surface area contributed by atoms with Crippen LogP contribution in [0.2, 0.25) is 0 Å². The molecule has 7 heteroatoms. The maximum Gasteiger partial charge on any atom is 0.316 e. The first-order valence-electron chi connectivity index (χ1n) is 13.4. The van der Waals surface area contributed by atoms with Gasteiger partial charge in [-0.2, -0.15) is 0 Å². The topological polar surface area (TPSA) is 82.8 Å². The normalized spacial score (nSPS) is 14.1. The summed E-state index contributed by atoms with van der Waals surface area (Å²) in [5.41, 5.74) is 2.86. The molecule has 0 N–H and O–H groups in total. The number of aromatic nitrogens is 2. The predicted octanol–water partition coefficient (Wildman–Crippen LogP) is 8.33. The maximum absolute atomic E-state index is 11.9. The molecular weight excluding hydrogens is 478 g/mol. The third-order valence-corrected chi connectivity index (χ3v) is 7.10. The zero-order valence-electron chi connectivity index (χ0n) is 21.9. The third-order valence-electron chi connectivity index (χ3n) is 7.10. The van der Waals surface area contributed by atoms with E-state index in [9.17, 15) is 9.70 Å². The summed E-state index contributed by atoms with van der Waals surface area (Å²) in [7, 11) is 0. The lowest BCUT2D eigenvalue weighted by Crippen LogP contribution is -2.14. The Morgan fingerprint density at radius 3 is 2.45 bits per heavy atom. The van der Waals surface area contributed by atoms with Crippen LogP contribution >= 0.6 is 0 Å². The minimum absolute atomic E-state index is 0.255. The van der Waals surface area contributed by atoms with Gasteiger partial charge in [-0.25, -0.2) is 4.98 Å². The Morgan fingerprint density at radius 1 is 1.00 bits per heavy atom. The number of carbonyl (C=O) groups excluding carboxylic acids is 1. The van der Waals surface area contributed by atoms with Crippen molar-refractivity contribution in [3.8, 4) is 28.6 Å². The zero-order valence-corrected chi connectivity index (χ0v) is 21.9. The minimum atomic E-state index is -0.782. The van der Waals surface area contributed by atoms with E-state index in [1.807, 2.05) is 54.6 Å². The van der Waals surface area contributed by atoms with E-state index in [2.05, 4.69) is 23.6 Å². The third kappa shape index (κ3) is 5.62. The van der Waals surface area contributed by atoms with Gasteiger partial charge in [0.2, 0.25) is 0 Å². The Hall–Kier alpha value is -4.00. The van der Waals surface area contributed by atoms with Crippen molar-refractivity contribution in [3.05, 3.63) is 77.2 Å². The van der Waals surface area contributed by atoms with Crippen molar-refractivity contribution in [2.75, 3.05) is 6.61 Å². The molecule has 1 aliphatic rings. The largest absolute Gasteiger partial charge is 0.490 e. The van der Waals surface area contributed by atoms with Crippen molar-refractivity contribution in [3.63, 3.8) is 0 Å². The summed E-state index contributed by atoms with van der Waals surface area (Å²) in [5.74, 6) is 2.75. The Morgan fingerprint density at radius 2 is 1.74 bits per heavy atom. The van der Waals surface area contributed by atoms with Crippen LogP contribution in [-0.4, -0.2) is 22.1 Å². The molecule has 0 bridgehead atoms. The van der Waals surface area contributed by atoms with Crippen LogP contribution in [0.3, 0.4) is 0 Å². The number of nitroso groups, excluding NO2 is 1. The molecule has 1 heterocycles. The average molecular weight is 512 g/mol. The van der Waals surface area contributed by atoms with Crippen molar-refractivity contribution in [1.82, 2.24) is 9.55 Å². The molecule has 1 aromatic heterocycles. The molecule has 5 rings (SSSR count). The molecule has 0 unspecified atom stereocenters. The second-order valence-corrected chi connectivity index (χ2v) is 10.3. The Kier molecular flexibility index (Phi) is 7.82. The fourth-order valence-electron chi connectivity index (χ4n) is 5.05. The summed E-state index contributed by atoms with van der Waals surface area (Å²) in [6.45, 7) is 5.00. The van der Waals surface area contributed by atoms with Gasteiger partial charge in [-0.3, -0.25) is 4.79 Å². The van der Waals surface area contributed by atoms with Crippen LogP contribution in [-0.2, 0) is 0 Å². The fraction of sp³-hybridized carbons (Fsp3) is 0.355. The highest BCUT2D eigenvalue weighted by Crippen LogP contribution is 2.37. The van der Waals surface area contributed by atoms with E-state index in [4.69, 9.17) is 14.5 Å². The highest BCUT2D eigenvalue weighted by atomic mass is 16.5. The highest BCUT2D eigenvalue weighted by Gasteiger charge is 2.23. The average Bonchev–Trinajstić information content (AvgIpc) is 3.33. The number of benzene rings is 3. The summed E-state index contributed by atoms with van der Waals surface area (Å²) in [6.07, 6.45) is 6.76. The van der Waals surface area contributed by atoms with Crippen molar-refractivity contribution in [2.24, 2.45) is 11.1 Å². The summed E-state index contributed by atoms with van der Waals surface area (Å²) in [5, 5.41) is 2.57. The van der Waals surface area contributed by atoms with Crippen LogP contribution in [0.5, 0.6) is 17.2 Å². The molecule has 0 radical (unpaired) electrons. The smallest absolute Gasteiger partial charge is 0.316 e. The molecule has 1 aliphatic carbocycles. The van der Waals surface area contributed by atoms with E-state index < -0.39 is 5.91 Å². The molecule has 0 spiro atoms. The number of imidazole rings is 1. The Labute approximate surface area is 222 Å². The lowest BCUT2D eigenvalue weighted by molar-refractivity contribution is 0.100. The van der Waals surface area contributed by atoms with Gasteiger partial charge in [-0.1, -0.05) is 45.2 Å². The van der Waals surface area contributed by atoms with Crippen LogP contribution < -0.4 is 9.47 Å². The van der Waals surface area contributed by atoms with Gasteiger partial charge >= 0.3 is 5.91 Å². The molecule has 0 atom stereocenters. The number of carbonyl (C=O) groups is 1. The highest BCUT2D eigenvalue weighted by molar-refractivity contribution is 5.98. The second-order valence-electron chi connectivity index (χ2n) is 10.3. The molecule has 38 heavy (non-hydrogen) atoms. The van der Waals surface area contributed by atoms with Gasteiger partial charge in [0, 0.05) is 22.3 Å². The number of para-hydroxylation sites is 2. The molecule has 7 nitrogen and oxygen atoms in total. The quantitative estimate of drug-likeness (QED) is 0.211. The lowest BCUT2D eigenvalue weighted by atomic mass is 9.95. The Balaban J connectivity index is 1.44. The first-order valence-corrected chi connectivity index (χ1v) is 13.4. The van der Waals surface area contributed by atoms with E-state index >= 15 is 0 Å².